The molecule has 138 valence electrons. The number of ketones is 1. The number of para-hydroxylation sites is 1. The third kappa shape index (κ3) is 4.91. The fraction of sp³-hybridized carbons (Fsp3) is 0.158. The van der Waals surface area contributed by atoms with Gasteiger partial charge >= 0.3 is 0 Å². The van der Waals surface area contributed by atoms with Gasteiger partial charge < -0.3 is 5.32 Å². The second-order valence-electron chi connectivity index (χ2n) is 5.76. The Morgan fingerprint density at radius 1 is 1.15 bits per heavy atom. The molecule has 1 N–H and O–H groups in total. The van der Waals surface area contributed by atoms with Gasteiger partial charge in [-0.3, -0.25) is 9.59 Å². The fourth-order valence-corrected chi connectivity index (χ4v) is 4.78. The fourth-order valence-electron chi connectivity index (χ4n) is 2.28. The van der Waals surface area contributed by atoms with Crippen molar-refractivity contribution in [3.8, 4) is 5.69 Å². The molecule has 1 amide bonds. The van der Waals surface area contributed by atoms with E-state index in [0.29, 0.717) is 15.2 Å². The highest BCUT2D eigenvalue weighted by atomic mass is 32.2. The standard InChI is InChI=1S/C19H17N3O2S3/c1-12(23)14-8-10-15(11-9-14)20-17(24)13(2)26-18-21-22(19(25)27-18)16-6-4-3-5-7-16/h3-11,13H,1-2H3,(H,20,24)/t13-/m1/s1. The highest BCUT2D eigenvalue weighted by Gasteiger charge is 2.18. The number of amides is 1. The maximum atomic E-state index is 12.4. The van der Waals surface area contributed by atoms with Gasteiger partial charge in [0.2, 0.25) is 5.91 Å². The number of benzene rings is 2. The average Bonchev–Trinajstić information content (AvgIpc) is 3.03. The quantitative estimate of drug-likeness (QED) is 0.349. The molecule has 1 heterocycles. The van der Waals surface area contributed by atoms with Crippen molar-refractivity contribution in [3.05, 3.63) is 64.1 Å². The number of aromatic nitrogens is 2. The molecule has 1 atom stereocenters. The second-order valence-corrected chi connectivity index (χ2v) is 8.97. The largest absolute Gasteiger partial charge is 0.325 e. The zero-order valence-corrected chi connectivity index (χ0v) is 17.2. The number of rotatable bonds is 6. The van der Waals surface area contributed by atoms with Crippen LogP contribution in [0.1, 0.15) is 24.2 Å². The van der Waals surface area contributed by atoms with Gasteiger partial charge in [0.25, 0.3) is 0 Å². The molecule has 27 heavy (non-hydrogen) atoms. The van der Waals surface area contributed by atoms with Crippen molar-refractivity contribution in [3.63, 3.8) is 0 Å². The average molecular weight is 416 g/mol. The van der Waals surface area contributed by atoms with E-state index in [9.17, 15) is 9.59 Å². The van der Waals surface area contributed by atoms with Crippen molar-refractivity contribution in [2.24, 2.45) is 0 Å². The Labute approximate surface area is 170 Å². The van der Waals surface area contributed by atoms with Crippen LogP contribution in [0, 0.1) is 3.95 Å². The van der Waals surface area contributed by atoms with Crippen molar-refractivity contribution in [1.29, 1.82) is 0 Å². The molecular weight excluding hydrogens is 398 g/mol. The molecule has 5 nitrogen and oxygen atoms in total. The van der Waals surface area contributed by atoms with E-state index in [-0.39, 0.29) is 16.9 Å². The van der Waals surface area contributed by atoms with E-state index in [4.69, 9.17) is 12.2 Å². The Morgan fingerprint density at radius 3 is 2.44 bits per heavy atom. The van der Waals surface area contributed by atoms with Gasteiger partial charge in [-0.1, -0.05) is 41.3 Å². The number of carbonyl (C=O) groups excluding carboxylic acids is 2. The number of hydrogen-bond donors (Lipinski definition) is 1. The first-order valence-electron chi connectivity index (χ1n) is 8.18. The molecule has 0 radical (unpaired) electrons. The molecule has 8 heteroatoms. The van der Waals surface area contributed by atoms with Gasteiger partial charge in [-0.15, -0.1) is 5.10 Å². The molecule has 0 aliphatic heterocycles. The molecule has 0 fully saturated rings. The molecule has 1 aromatic heterocycles. The molecule has 0 unspecified atom stereocenters. The normalized spacial score (nSPS) is 11.8. The van der Waals surface area contributed by atoms with Crippen LogP contribution in [-0.4, -0.2) is 26.7 Å². The van der Waals surface area contributed by atoms with E-state index in [0.717, 1.165) is 10.0 Å². The summed E-state index contributed by atoms with van der Waals surface area (Å²) in [6, 6.07) is 16.5. The van der Waals surface area contributed by atoms with Gasteiger partial charge in [0.05, 0.1) is 10.9 Å². The Morgan fingerprint density at radius 2 is 1.81 bits per heavy atom. The molecule has 2 aromatic carbocycles. The van der Waals surface area contributed by atoms with Crippen LogP contribution in [0.4, 0.5) is 5.69 Å². The van der Waals surface area contributed by atoms with E-state index in [1.165, 1.54) is 30.0 Å². The lowest BCUT2D eigenvalue weighted by atomic mass is 10.1. The predicted molar refractivity (Wildman–Crippen MR) is 113 cm³/mol. The van der Waals surface area contributed by atoms with Crippen LogP contribution in [0.3, 0.4) is 0 Å². The number of thioether (sulfide) groups is 1. The van der Waals surface area contributed by atoms with Crippen molar-refractivity contribution in [1.82, 2.24) is 9.78 Å². The minimum atomic E-state index is -0.345. The van der Waals surface area contributed by atoms with E-state index in [1.807, 2.05) is 37.3 Å². The lowest BCUT2D eigenvalue weighted by molar-refractivity contribution is -0.115. The van der Waals surface area contributed by atoms with Crippen LogP contribution >= 0.6 is 35.3 Å². The number of anilines is 1. The number of hydrogen-bond acceptors (Lipinski definition) is 6. The Bertz CT molecular complexity index is 1010. The lowest BCUT2D eigenvalue weighted by Gasteiger charge is -2.10. The molecule has 3 rings (SSSR count). The van der Waals surface area contributed by atoms with E-state index < -0.39 is 0 Å². The lowest BCUT2D eigenvalue weighted by Crippen LogP contribution is -2.22. The molecule has 0 spiro atoms. The predicted octanol–water partition coefficient (Wildman–Crippen LogP) is 4.99. The maximum Gasteiger partial charge on any atom is 0.237 e. The Balaban J connectivity index is 1.66. The summed E-state index contributed by atoms with van der Waals surface area (Å²) in [7, 11) is 0. The van der Waals surface area contributed by atoms with Crippen LogP contribution in [0.15, 0.2) is 58.9 Å². The maximum absolute atomic E-state index is 12.4. The van der Waals surface area contributed by atoms with Crippen molar-refractivity contribution in [2.45, 2.75) is 23.4 Å². The summed E-state index contributed by atoms with van der Waals surface area (Å²) >= 11 is 8.13. The summed E-state index contributed by atoms with van der Waals surface area (Å²) in [5.74, 6) is -0.144. The van der Waals surface area contributed by atoms with E-state index in [2.05, 4.69) is 10.4 Å². The first kappa shape index (κ1) is 19.5. The highest BCUT2D eigenvalue weighted by molar-refractivity contribution is 8.02. The minimum Gasteiger partial charge on any atom is -0.325 e. The SMILES string of the molecule is CC(=O)c1ccc(NC(=O)[C@@H](C)Sc2nn(-c3ccccc3)c(=S)s2)cc1. The number of nitrogens with zero attached hydrogens (tertiary/aromatic N) is 2. The summed E-state index contributed by atoms with van der Waals surface area (Å²) in [5, 5.41) is 7.03. The summed E-state index contributed by atoms with van der Waals surface area (Å²) in [6.45, 7) is 3.33. The monoisotopic (exact) mass is 415 g/mol. The molecule has 0 bridgehead atoms. The number of carbonyl (C=O) groups is 2. The Kier molecular flexibility index (Phi) is 6.20. The van der Waals surface area contributed by atoms with E-state index >= 15 is 0 Å². The topological polar surface area (TPSA) is 64.0 Å². The van der Waals surface area contributed by atoms with Crippen molar-refractivity contribution < 1.29 is 9.59 Å². The molecule has 0 aliphatic rings. The summed E-state index contributed by atoms with van der Waals surface area (Å²) in [4.78, 5) is 23.8. The summed E-state index contributed by atoms with van der Waals surface area (Å²) in [6.07, 6.45) is 0. The van der Waals surface area contributed by atoms with Gasteiger partial charge in [-0.25, -0.2) is 4.68 Å². The van der Waals surface area contributed by atoms with Crippen molar-refractivity contribution >= 4 is 52.7 Å². The smallest absolute Gasteiger partial charge is 0.237 e. The zero-order chi connectivity index (χ0) is 19.4. The first-order valence-corrected chi connectivity index (χ1v) is 10.3. The molecule has 0 saturated carbocycles. The van der Waals surface area contributed by atoms with Crippen LogP contribution in [0.2, 0.25) is 0 Å². The van der Waals surface area contributed by atoms with E-state index in [1.54, 1.807) is 28.9 Å². The molecule has 0 saturated heterocycles. The van der Waals surface area contributed by atoms with Crippen LogP contribution < -0.4 is 5.32 Å². The third-order valence-electron chi connectivity index (χ3n) is 3.74. The van der Waals surface area contributed by atoms with Crippen LogP contribution in [0.25, 0.3) is 5.69 Å². The number of nitrogens with one attached hydrogen (secondary N) is 1. The zero-order valence-electron chi connectivity index (χ0n) is 14.7. The van der Waals surface area contributed by atoms with Gasteiger partial charge in [-0.2, -0.15) is 0 Å². The third-order valence-corrected chi connectivity index (χ3v) is 6.15. The molecule has 0 aliphatic carbocycles. The second kappa shape index (κ2) is 8.60. The first-order chi connectivity index (χ1) is 12.9. The molecular formula is C19H17N3O2S3. The van der Waals surface area contributed by atoms with Gasteiger partial charge in [-0.05, 0) is 62.5 Å². The Hall–Kier alpha value is -2.29. The van der Waals surface area contributed by atoms with Crippen LogP contribution in [-0.2, 0) is 4.79 Å². The van der Waals surface area contributed by atoms with Crippen LogP contribution in [0.5, 0.6) is 0 Å². The van der Waals surface area contributed by atoms with Gasteiger partial charge in [0.15, 0.2) is 14.1 Å². The highest BCUT2D eigenvalue weighted by Crippen LogP contribution is 2.28. The number of Topliss-reactive ketones (excluding diaryl/α,β-unsaturated/α-hetero) is 1. The van der Waals surface area contributed by atoms with Crippen molar-refractivity contribution in [2.75, 3.05) is 5.32 Å². The minimum absolute atomic E-state index is 0.00740. The summed E-state index contributed by atoms with van der Waals surface area (Å²) < 4.78 is 3.07. The van der Waals surface area contributed by atoms with Gasteiger partial charge in [0.1, 0.15) is 0 Å². The van der Waals surface area contributed by atoms with Gasteiger partial charge in [0, 0.05) is 11.3 Å². The summed E-state index contributed by atoms with van der Waals surface area (Å²) in [5.41, 5.74) is 2.16. The molecule has 3 aromatic rings.